The lowest BCUT2D eigenvalue weighted by Crippen LogP contribution is -2.48. The van der Waals surface area contributed by atoms with Crippen molar-refractivity contribution in [3.05, 3.63) is 11.6 Å². The van der Waals surface area contributed by atoms with Gasteiger partial charge < -0.3 is 4.57 Å². The molecule has 1 aromatic rings. The zero-order valence-corrected chi connectivity index (χ0v) is 13.4. The lowest BCUT2D eigenvalue weighted by molar-refractivity contribution is 0.149. The van der Waals surface area contributed by atoms with Crippen LogP contribution >= 0.6 is 0 Å². The van der Waals surface area contributed by atoms with E-state index in [0.29, 0.717) is 6.54 Å². The van der Waals surface area contributed by atoms with Crippen molar-refractivity contribution in [1.29, 1.82) is 0 Å². The summed E-state index contributed by atoms with van der Waals surface area (Å²) in [4.78, 5) is 2.25. The van der Waals surface area contributed by atoms with E-state index in [-0.39, 0.29) is 6.04 Å². The Bertz CT molecular complexity index is 568. The second-order valence-electron chi connectivity index (χ2n) is 5.53. The molecule has 1 saturated heterocycles. The third-order valence-corrected chi connectivity index (χ3v) is 5.41. The number of nitrogens with zero attached hydrogens (tertiary/aromatic N) is 5. The average molecular weight is 301 g/mol. The van der Waals surface area contributed by atoms with Gasteiger partial charge in [0.05, 0.1) is 12.8 Å². The molecule has 20 heavy (non-hydrogen) atoms. The summed E-state index contributed by atoms with van der Waals surface area (Å²) in [6.45, 7) is 4.36. The van der Waals surface area contributed by atoms with E-state index in [1.54, 1.807) is 7.05 Å². The molecule has 2 heterocycles. The number of hydrogen-bond donors (Lipinski definition) is 0. The number of hydrogen-bond acceptors (Lipinski definition) is 5. The van der Waals surface area contributed by atoms with Gasteiger partial charge in [0, 0.05) is 26.7 Å². The smallest absolute Gasteiger partial charge is 0.211 e. The molecule has 2 rings (SSSR count). The van der Waals surface area contributed by atoms with Crippen LogP contribution in [-0.4, -0.2) is 64.8 Å². The molecule has 0 saturated carbocycles. The van der Waals surface area contributed by atoms with Crippen LogP contribution in [0.1, 0.15) is 24.5 Å². The second kappa shape index (κ2) is 5.79. The third-order valence-electron chi connectivity index (χ3n) is 4.07. The van der Waals surface area contributed by atoms with E-state index in [1.807, 2.05) is 18.5 Å². The van der Waals surface area contributed by atoms with Crippen molar-refractivity contribution in [2.24, 2.45) is 7.05 Å². The molecule has 1 aliphatic heterocycles. The van der Waals surface area contributed by atoms with Crippen LogP contribution in [0.2, 0.25) is 0 Å². The third kappa shape index (κ3) is 3.36. The standard InChI is InChI=1S/C12H23N5O2S/c1-10-13-14-12(15(10)2)9-17-7-5-6-11(8-17)16(3)20(4,18)19/h11H,5-9H2,1-4H3. The molecule has 0 N–H and O–H groups in total. The Labute approximate surface area is 120 Å². The van der Waals surface area contributed by atoms with Crippen molar-refractivity contribution in [3.63, 3.8) is 0 Å². The number of sulfonamides is 1. The molecule has 0 bridgehead atoms. The first-order valence-corrected chi connectivity index (χ1v) is 8.64. The first-order valence-electron chi connectivity index (χ1n) is 6.79. The van der Waals surface area contributed by atoms with Crippen molar-refractivity contribution < 1.29 is 8.42 Å². The summed E-state index contributed by atoms with van der Waals surface area (Å²) < 4.78 is 26.7. The lowest BCUT2D eigenvalue weighted by atomic mass is 10.1. The molecule has 8 heteroatoms. The lowest BCUT2D eigenvalue weighted by Gasteiger charge is -2.36. The summed E-state index contributed by atoms with van der Waals surface area (Å²) in [6, 6.07) is 0.0491. The Morgan fingerprint density at radius 2 is 2.10 bits per heavy atom. The highest BCUT2D eigenvalue weighted by molar-refractivity contribution is 7.88. The first kappa shape index (κ1) is 15.4. The minimum absolute atomic E-state index is 0.0491. The summed E-state index contributed by atoms with van der Waals surface area (Å²) in [5.41, 5.74) is 0. The van der Waals surface area contributed by atoms with Gasteiger partial charge in [0.2, 0.25) is 10.0 Å². The number of piperidine rings is 1. The van der Waals surface area contributed by atoms with Crippen LogP contribution in [0.25, 0.3) is 0 Å². The van der Waals surface area contributed by atoms with E-state index in [9.17, 15) is 8.42 Å². The van der Waals surface area contributed by atoms with Gasteiger partial charge >= 0.3 is 0 Å². The van der Waals surface area contributed by atoms with Crippen LogP contribution < -0.4 is 0 Å². The molecule has 1 fully saturated rings. The zero-order valence-electron chi connectivity index (χ0n) is 12.6. The number of likely N-dealkylation sites (tertiary alicyclic amines) is 1. The normalized spacial score (nSPS) is 21.6. The van der Waals surface area contributed by atoms with E-state index >= 15 is 0 Å². The molecule has 1 aliphatic rings. The summed E-state index contributed by atoms with van der Waals surface area (Å²) >= 11 is 0. The zero-order chi connectivity index (χ0) is 14.9. The van der Waals surface area contributed by atoms with Gasteiger partial charge in [-0.3, -0.25) is 4.90 Å². The topological polar surface area (TPSA) is 71.3 Å². The maximum absolute atomic E-state index is 11.6. The summed E-state index contributed by atoms with van der Waals surface area (Å²) in [6.07, 6.45) is 3.18. The van der Waals surface area contributed by atoms with Gasteiger partial charge in [-0.05, 0) is 26.3 Å². The molecule has 0 spiro atoms. The molecule has 0 aromatic carbocycles. The number of rotatable bonds is 4. The molecule has 1 atom stereocenters. The van der Waals surface area contributed by atoms with Gasteiger partial charge in [-0.15, -0.1) is 10.2 Å². The quantitative estimate of drug-likeness (QED) is 0.781. The molecular weight excluding hydrogens is 278 g/mol. The van der Waals surface area contributed by atoms with Crippen LogP contribution in [0.4, 0.5) is 0 Å². The van der Waals surface area contributed by atoms with Gasteiger partial charge in [0.25, 0.3) is 0 Å². The van der Waals surface area contributed by atoms with E-state index < -0.39 is 10.0 Å². The van der Waals surface area contributed by atoms with Gasteiger partial charge in [-0.25, -0.2) is 12.7 Å². The van der Waals surface area contributed by atoms with Crippen molar-refractivity contribution >= 4 is 10.0 Å². The molecular formula is C12H23N5O2S. The van der Waals surface area contributed by atoms with E-state index in [0.717, 1.165) is 37.6 Å². The molecule has 0 amide bonds. The summed E-state index contributed by atoms with van der Waals surface area (Å²) in [5, 5.41) is 8.22. The highest BCUT2D eigenvalue weighted by atomic mass is 32.2. The fourth-order valence-corrected chi connectivity index (χ4v) is 3.24. The Kier molecular flexibility index (Phi) is 4.46. The highest BCUT2D eigenvalue weighted by Gasteiger charge is 2.28. The highest BCUT2D eigenvalue weighted by Crippen LogP contribution is 2.18. The fraction of sp³-hybridized carbons (Fsp3) is 0.833. The molecule has 1 aromatic heterocycles. The van der Waals surface area contributed by atoms with Crippen molar-refractivity contribution in [2.45, 2.75) is 32.4 Å². The minimum atomic E-state index is -3.13. The van der Waals surface area contributed by atoms with Crippen molar-refractivity contribution in [2.75, 3.05) is 26.4 Å². The van der Waals surface area contributed by atoms with Gasteiger partial charge in [0.15, 0.2) is 0 Å². The Hall–Kier alpha value is -0.990. The average Bonchev–Trinajstić information content (AvgIpc) is 2.69. The number of aryl methyl sites for hydroxylation is 1. The van der Waals surface area contributed by atoms with Gasteiger partial charge in [-0.1, -0.05) is 0 Å². The predicted octanol–water partition coefficient (Wildman–Crippen LogP) is -0.0207. The Morgan fingerprint density at radius 3 is 2.65 bits per heavy atom. The monoisotopic (exact) mass is 301 g/mol. The van der Waals surface area contributed by atoms with E-state index in [4.69, 9.17) is 0 Å². The number of likely N-dealkylation sites (N-methyl/N-ethyl adjacent to an activating group) is 1. The van der Waals surface area contributed by atoms with Crippen LogP contribution in [-0.2, 0) is 23.6 Å². The van der Waals surface area contributed by atoms with E-state index in [1.165, 1.54) is 10.6 Å². The second-order valence-corrected chi connectivity index (χ2v) is 7.57. The first-order chi connectivity index (χ1) is 9.29. The molecule has 114 valence electrons. The number of aromatic nitrogens is 3. The van der Waals surface area contributed by atoms with Crippen LogP contribution in [0.5, 0.6) is 0 Å². The summed E-state index contributed by atoms with van der Waals surface area (Å²) in [5.74, 6) is 1.81. The largest absolute Gasteiger partial charge is 0.317 e. The maximum Gasteiger partial charge on any atom is 0.211 e. The van der Waals surface area contributed by atoms with Crippen molar-refractivity contribution in [3.8, 4) is 0 Å². The van der Waals surface area contributed by atoms with Crippen molar-refractivity contribution in [1.82, 2.24) is 24.0 Å². The Balaban J connectivity index is 2.02. The van der Waals surface area contributed by atoms with Crippen LogP contribution in [0.3, 0.4) is 0 Å². The minimum Gasteiger partial charge on any atom is -0.317 e. The molecule has 7 nitrogen and oxygen atoms in total. The summed E-state index contributed by atoms with van der Waals surface area (Å²) in [7, 11) is 0.486. The van der Waals surface area contributed by atoms with Gasteiger partial charge in [0.1, 0.15) is 11.6 Å². The molecule has 0 radical (unpaired) electrons. The molecule has 0 aliphatic carbocycles. The predicted molar refractivity (Wildman–Crippen MR) is 76.6 cm³/mol. The SMILES string of the molecule is Cc1nnc(CN2CCCC(N(C)S(C)(=O)=O)C2)n1C. The molecule has 1 unspecified atom stereocenters. The van der Waals surface area contributed by atoms with Gasteiger partial charge in [-0.2, -0.15) is 0 Å². The van der Waals surface area contributed by atoms with Crippen LogP contribution in [0, 0.1) is 6.92 Å². The van der Waals surface area contributed by atoms with Crippen LogP contribution in [0.15, 0.2) is 0 Å². The van der Waals surface area contributed by atoms with E-state index in [2.05, 4.69) is 15.1 Å². The fourth-order valence-electron chi connectivity index (χ4n) is 2.53. The maximum atomic E-state index is 11.6. The Morgan fingerprint density at radius 1 is 1.40 bits per heavy atom.